The molecule has 1 N–H and O–H groups in total. The quantitative estimate of drug-likeness (QED) is 0.729. The van der Waals surface area contributed by atoms with E-state index in [1.165, 1.54) is 18.0 Å². The van der Waals surface area contributed by atoms with Crippen LogP contribution in [0.25, 0.3) is 0 Å². The lowest BCUT2D eigenvalue weighted by molar-refractivity contribution is 0.0996. The van der Waals surface area contributed by atoms with Crippen LogP contribution in [0.4, 0.5) is 5.82 Å². The van der Waals surface area contributed by atoms with Gasteiger partial charge in [0.1, 0.15) is 5.03 Å². The highest BCUT2D eigenvalue weighted by atomic mass is 32.2. The topological polar surface area (TPSA) is 80.9 Å². The predicted octanol–water partition coefficient (Wildman–Crippen LogP) is 3.01. The molecule has 22 heavy (non-hydrogen) atoms. The van der Waals surface area contributed by atoms with Crippen LogP contribution in [0.5, 0.6) is 0 Å². The number of aromatic nitrogens is 3. The maximum Gasteiger partial charge on any atom is 0.292 e. The first-order chi connectivity index (χ1) is 10.8. The molecule has 0 aliphatic carbocycles. The Morgan fingerprint density at radius 1 is 1.14 bits per heavy atom. The van der Waals surface area contributed by atoms with Gasteiger partial charge in [0, 0.05) is 11.9 Å². The van der Waals surface area contributed by atoms with Gasteiger partial charge in [0.2, 0.25) is 0 Å². The standard InChI is InChI=1S/C15H12N4O2S/c20-15(12-5-3-9-21-12)17-13-6-7-14(19-18-13)22-10-11-4-1-2-8-16-11/h1-9H,10H2,(H,17,18,20). The van der Waals surface area contributed by atoms with Gasteiger partial charge in [0.25, 0.3) is 5.91 Å². The van der Waals surface area contributed by atoms with Crippen molar-refractivity contribution in [2.24, 2.45) is 0 Å². The summed E-state index contributed by atoms with van der Waals surface area (Å²) >= 11 is 1.53. The first-order valence-electron chi connectivity index (χ1n) is 6.52. The summed E-state index contributed by atoms with van der Waals surface area (Å²) in [5.74, 6) is 0.973. The molecule has 3 rings (SSSR count). The molecule has 3 heterocycles. The Morgan fingerprint density at radius 3 is 2.77 bits per heavy atom. The second-order valence-corrected chi connectivity index (χ2v) is 5.29. The number of pyridine rings is 1. The van der Waals surface area contributed by atoms with Gasteiger partial charge in [-0.3, -0.25) is 9.78 Å². The van der Waals surface area contributed by atoms with Crippen LogP contribution in [-0.4, -0.2) is 21.1 Å². The highest BCUT2D eigenvalue weighted by Crippen LogP contribution is 2.19. The van der Waals surface area contributed by atoms with Crippen molar-refractivity contribution in [3.05, 3.63) is 66.4 Å². The van der Waals surface area contributed by atoms with Gasteiger partial charge in [0.15, 0.2) is 11.6 Å². The average Bonchev–Trinajstić information content (AvgIpc) is 3.10. The van der Waals surface area contributed by atoms with E-state index in [0.717, 1.165) is 10.7 Å². The van der Waals surface area contributed by atoms with Crippen LogP contribution >= 0.6 is 11.8 Å². The zero-order chi connectivity index (χ0) is 15.2. The highest BCUT2D eigenvalue weighted by Gasteiger charge is 2.09. The zero-order valence-corrected chi connectivity index (χ0v) is 12.3. The van der Waals surface area contributed by atoms with Crippen molar-refractivity contribution in [3.8, 4) is 0 Å². The third-order valence-electron chi connectivity index (χ3n) is 2.72. The Balaban J connectivity index is 1.57. The van der Waals surface area contributed by atoms with E-state index in [1.54, 1.807) is 30.5 Å². The molecule has 7 heteroatoms. The summed E-state index contributed by atoms with van der Waals surface area (Å²) in [5.41, 5.74) is 0.976. The second kappa shape index (κ2) is 6.86. The average molecular weight is 312 g/mol. The van der Waals surface area contributed by atoms with Crippen molar-refractivity contribution in [2.75, 3.05) is 5.32 Å². The number of nitrogens with one attached hydrogen (secondary N) is 1. The minimum Gasteiger partial charge on any atom is -0.459 e. The minimum atomic E-state index is -0.354. The van der Waals surface area contributed by atoms with Gasteiger partial charge in [-0.1, -0.05) is 17.8 Å². The number of nitrogens with zero attached hydrogens (tertiary/aromatic N) is 3. The fourth-order valence-corrected chi connectivity index (χ4v) is 2.41. The Bertz CT molecular complexity index is 730. The first kappa shape index (κ1) is 14.3. The Labute approximate surface area is 131 Å². The maximum absolute atomic E-state index is 11.8. The summed E-state index contributed by atoms with van der Waals surface area (Å²) in [6.07, 6.45) is 3.20. The number of rotatable bonds is 5. The number of carbonyl (C=O) groups excluding carboxylic acids is 1. The van der Waals surface area contributed by atoms with E-state index >= 15 is 0 Å². The van der Waals surface area contributed by atoms with Crippen molar-refractivity contribution in [2.45, 2.75) is 10.8 Å². The molecule has 0 saturated heterocycles. The molecule has 0 unspecified atom stereocenters. The number of anilines is 1. The largest absolute Gasteiger partial charge is 0.459 e. The molecule has 0 atom stereocenters. The Kier molecular flexibility index (Phi) is 4.45. The summed E-state index contributed by atoms with van der Waals surface area (Å²) in [6.45, 7) is 0. The van der Waals surface area contributed by atoms with Crippen LogP contribution in [0.3, 0.4) is 0 Å². The van der Waals surface area contributed by atoms with E-state index in [1.807, 2.05) is 18.2 Å². The second-order valence-electron chi connectivity index (χ2n) is 4.30. The molecule has 3 aromatic rings. The maximum atomic E-state index is 11.8. The Hall–Kier alpha value is -2.67. The van der Waals surface area contributed by atoms with Crippen molar-refractivity contribution in [3.63, 3.8) is 0 Å². The van der Waals surface area contributed by atoms with Gasteiger partial charge < -0.3 is 9.73 Å². The number of furan rings is 1. The van der Waals surface area contributed by atoms with Crippen molar-refractivity contribution in [1.29, 1.82) is 0 Å². The van der Waals surface area contributed by atoms with Crippen LogP contribution in [0, 0.1) is 0 Å². The van der Waals surface area contributed by atoms with Gasteiger partial charge in [-0.15, -0.1) is 10.2 Å². The van der Waals surface area contributed by atoms with E-state index in [9.17, 15) is 4.79 Å². The lowest BCUT2D eigenvalue weighted by Gasteiger charge is -2.03. The molecular weight excluding hydrogens is 300 g/mol. The molecule has 0 bridgehead atoms. The molecular formula is C15H12N4O2S. The number of thioether (sulfide) groups is 1. The molecule has 0 aliphatic rings. The lowest BCUT2D eigenvalue weighted by Crippen LogP contribution is -2.12. The fraction of sp³-hybridized carbons (Fsp3) is 0.0667. The van der Waals surface area contributed by atoms with Crippen LogP contribution < -0.4 is 5.32 Å². The minimum absolute atomic E-state index is 0.232. The summed E-state index contributed by atoms with van der Waals surface area (Å²) in [6, 6.07) is 12.5. The molecule has 3 aromatic heterocycles. The summed E-state index contributed by atoms with van der Waals surface area (Å²) < 4.78 is 5.01. The van der Waals surface area contributed by atoms with E-state index in [-0.39, 0.29) is 11.7 Å². The van der Waals surface area contributed by atoms with Crippen LogP contribution in [0.15, 0.2) is 64.4 Å². The molecule has 0 fully saturated rings. The molecule has 6 nitrogen and oxygen atoms in total. The molecule has 0 aromatic carbocycles. The van der Waals surface area contributed by atoms with Gasteiger partial charge in [0.05, 0.1) is 12.0 Å². The Morgan fingerprint density at radius 2 is 2.09 bits per heavy atom. The predicted molar refractivity (Wildman–Crippen MR) is 82.5 cm³/mol. The van der Waals surface area contributed by atoms with Gasteiger partial charge in [-0.25, -0.2) is 0 Å². The van der Waals surface area contributed by atoms with Crippen LogP contribution in [0.1, 0.15) is 16.2 Å². The molecule has 0 aliphatic heterocycles. The van der Waals surface area contributed by atoms with Gasteiger partial charge >= 0.3 is 0 Å². The van der Waals surface area contributed by atoms with E-state index in [2.05, 4.69) is 20.5 Å². The van der Waals surface area contributed by atoms with Crippen molar-refractivity contribution < 1.29 is 9.21 Å². The SMILES string of the molecule is O=C(Nc1ccc(SCc2ccccn2)nn1)c1ccco1. The first-order valence-corrected chi connectivity index (χ1v) is 7.51. The molecule has 0 saturated carbocycles. The smallest absolute Gasteiger partial charge is 0.292 e. The normalized spacial score (nSPS) is 10.4. The van der Waals surface area contributed by atoms with Crippen LogP contribution in [0.2, 0.25) is 0 Å². The van der Waals surface area contributed by atoms with Gasteiger partial charge in [-0.05, 0) is 36.4 Å². The number of hydrogen-bond acceptors (Lipinski definition) is 6. The number of carbonyl (C=O) groups is 1. The van der Waals surface area contributed by atoms with E-state index in [4.69, 9.17) is 4.42 Å². The number of hydrogen-bond donors (Lipinski definition) is 1. The van der Waals surface area contributed by atoms with Crippen molar-refractivity contribution >= 4 is 23.5 Å². The zero-order valence-electron chi connectivity index (χ0n) is 11.5. The molecule has 0 radical (unpaired) electrons. The van der Waals surface area contributed by atoms with E-state index in [0.29, 0.717) is 11.6 Å². The summed E-state index contributed by atoms with van der Waals surface area (Å²) in [7, 11) is 0. The molecule has 110 valence electrons. The highest BCUT2D eigenvalue weighted by molar-refractivity contribution is 7.98. The number of amides is 1. The third-order valence-corrected chi connectivity index (χ3v) is 3.67. The summed E-state index contributed by atoms with van der Waals surface area (Å²) in [4.78, 5) is 16.0. The van der Waals surface area contributed by atoms with Crippen LogP contribution in [-0.2, 0) is 5.75 Å². The lowest BCUT2D eigenvalue weighted by atomic mass is 10.4. The van der Waals surface area contributed by atoms with Crippen molar-refractivity contribution in [1.82, 2.24) is 15.2 Å². The van der Waals surface area contributed by atoms with Gasteiger partial charge in [-0.2, -0.15) is 0 Å². The molecule has 1 amide bonds. The fourth-order valence-electron chi connectivity index (χ4n) is 1.68. The summed E-state index contributed by atoms with van der Waals surface area (Å²) in [5, 5.41) is 11.4. The molecule has 0 spiro atoms. The third kappa shape index (κ3) is 3.70. The monoisotopic (exact) mass is 312 g/mol. The van der Waals surface area contributed by atoms with E-state index < -0.39 is 0 Å².